The van der Waals surface area contributed by atoms with Gasteiger partial charge < -0.3 is 10.4 Å². The first-order chi connectivity index (χ1) is 9.57. The molecule has 0 aliphatic carbocycles. The lowest BCUT2D eigenvalue weighted by Crippen LogP contribution is -2.44. The highest BCUT2D eigenvalue weighted by atomic mass is 16.3. The zero-order valence-electron chi connectivity index (χ0n) is 12.1. The van der Waals surface area contributed by atoms with Gasteiger partial charge in [-0.25, -0.2) is 0 Å². The van der Waals surface area contributed by atoms with Gasteiger partial charge in [0.25, 0.3) is 0 Å². The van der Waals surface area contributed by atoms with E-state index >= 15 is 0 Å². The van der Waals surface area contributed by atoms with Gasteiger partial charge in [0, 0.05) is 5.69 Å². The van der Waals surface area contributed by atoms with Gasteiger partial charge in [0.1, 0.15) is 5.60 Å². The topological polar surface area (TPSA) is 32.3 Å². The van der Waals surface area contributed by atoms with Gasteiger partial charge in [0.05, 0.1) is 6.04 Å². The smallest absolute Gasteiger partial charge is 0.107 e. The minimum Gasteiger partial charge on any atom is -0.383 e. The molecule has 2 aromatic rings. The van der Waals surface area contributed by atoms with Crippen LogP contribution in [-0.2, 0) is 12.0 Å². The second-order valence-corrected chi connectivity index (χ2v) is 5.91. The summed E-state index contributed by atoms with van der Waals surface area (Å²) in [6, 6.07) is 16.6. The zero-order chi connectivity index (χ0) is 14.2. The van der Waals surface area contributed by atoms with Crippen molar-refractivity contribution in [1.82, 2.24) is 0 Å². The summed E-state index contributed by atoms with van der Waals surface area (Å²) in [6.07, 6.45) is 1.95. The fourth-order valence-electron chi connectivity index (χ4n) is 2.95. The van der Waals surface area contributed by atoms with Crippen molar-refractivity contribution in [3.8, 4) is 0 Å². The molecule has 1 aliphatic heterocycles. The summed E-state index contributed by atoms with van der Waals surface area (Å²) in [5.41, 5.74) is 3.81. The Balaban J connectivity index is 1.88. The number of aryl methyl sites for hydroxylation is 2. The lowest BCUT2D eigenvalue weighted by molar-refractivity contribution is 0.0322. The van der Waals surface area contributed by atoms with Crippen molar-refractivity contribution in [2.45, 2.75) is 38.3 Å². The molecule has 0 spiro atoms. The van der Waals surface area contributed by atoms with Crippen LogP contribution in [0.4, 0.5) is 5.69 Å². The first-order valence-electron chi connectivity index (χ1n) is 7.21. The van der Waals surface area contributed by atoms with Crippen LogP contribution in [0.5, 0.6) is 0 Å². The Bertz CT molecular complexity index is 601. The number of benzene rings is 2. The Kier molecular flexibility index (Phi) is 3.27. The normalized spacial score (nSPS) is 20.6. The molecule has 0 aromatic heterocycles. The Hall–Kier alpha value is -1.80. The van der Waals surface area contributed by atoms with Gasteiger partial charge in [-0.3, -0.25) is 0 Å². The number of hydrogen-bond acceptors (Lipinski definition) is 2. The molecule has 1 aliphatic rings. The molecule has 0 radical (unpaired) electrons. The molecular weight excluding hydrogens is 246 g/mol. The highest BCUT2D eigenvalue weighted by Gasteiger charge is 2.35. The highest BCUT2D eigenvalue weighted by molar-refractivity contribution is 5.54. The SMILES string of the molecule is Cc1ccc(C(C)(O)C2CCc3ccccc3N2)cc1. The molecule has 3 rings (SSSR count). The van der Waals surface area contributed by atoms with Crippen molar-refractivity contribution in [2.24, 2.45) is 0 Å². The van der Waals surface area contributed by atoms with Gasteiger partial charge in [0.15, 0.2) is 0 Å². The number of para-hydroxylation sites is 1. The van der Waals surface area contributed by atoms with Crippen molar-refractivity contribution in [2.75, 3.05) is 5.32 Å². The molecular formula is C18H21NO. The van der Waals surface area contributed by atoms with Gasteiger partial charge in [-0.1, -0.05) is 48.0 Å². The average Bonchev–Trinajstić information content (AvgIpc) is 2.47. The number of anilines is 1. The Morgan fingerprint density at radius 3 is 2.55 bits per heavy atom. The fourth-order valence-corrected chi connectivity index (χ4v) is 2.95. The maximum atomic E-state index is 11.0. The van der Waals surface area contributed by atoms with Crippen LogP contribution >= 0.6 is 0 Å². The molecule has 0 saturated heterocycles. The predicted octanol–water partition coefficient (Wildman–Crippen LogP) is 3.63. The van der Waals surface area contributed by atoms with Gasteiger partial charge in [-0.15, -0.1) is 0 Å². The summed E-state index contributed by atoms with van der Waals surface area (Å²) < 4.78 is 0. The van der Waals surface area contributed by atoms with Gasteiger partial charge >= 0.3 is 0 Å². The van der Waals surface area contributed by atoms with Crippen molar-refractivity contribution in [3.63, 3.8) is 0 Å². The van der Waals surface area contributed by atoms with E-state index in [1.165, 1.54) is 11.1 Å². The van der Waals surface area contributed by atoms with Crippen molar-refractivity contribution in [3.05, 3.63) is 65.2 Å². The predicted molar refractivity (Wildman–Crippen MR) is 82.9 cm³/mol. The Labute approximate surface area is 120 Å². The molecule has 0 bridgehead atoms. The van der Waals surface area contributed by atoms with E-state index in [9.17, 15) is 5.11 Å². The third-order valence-electron chi connectivity index (χ3n) is 4.36. The largest absolute Gasteiger partial charge is 0.383 e. The number of hydrogen-bond donors (Lipinski definition) is 2. The van der Waals surface area contributed by atoms with E-state index in [-0.39, 0.29) is 6.04 Å². The summed E-state index contributed by atoms with van der Waals surface area (Å²) >= 11 is 0. The quantitative estimate of drug-likeness (QED) is 0.871. The van der Waals surface area contributed by atoms with Crippen LogP contribution in [0.15, 0.2) is 48.5 Å². The molecule has 2 aromatic carbocycles. The molecule has 2 N–H and O–H groups in total. The van der Waals surface area contributed by atoms with Crippen LogP contribution in [0.3, 0.4) is 0 Å². The van der Waals surface area contributed by atoms with Crippen LogP contribution in [0.2, 0.25) is 0 Å². The van der Waals surface area contributed by atoms with Crippen molar-refractivity contribution >= 4 is 5.69 Å². The van der Waals surface area contributed by atoms with E-state index < -0.39 is 5.60 Å². The summed E-state index contributed by atoms with van der Waals surface area (Å²) in [7, 11) is 0. The minimum absolute atomic E-state index is 0.0418. The molecule has 20 heavy (non-hydrogen) atoms. The molecule has 104 valence electrons. The minimum atomic E-state index is -0.860. The number of rotatable bonds is 2. The molecule has 2 heteroatoms. The third kappa shape index (κ3) is 2.32. The third-order valence-corrected chi connectivity index (χ3v) is 4.36. The average molecular weight is 267 g/mol. The van der Waals surface area contributed by atoms with E-state index in [4.69, 9.17) is 0 Å². The molecule has 2 nitrogen and oxygen atoms in total. The van der Waals surface area contributed by atoms with Crippen LogP contribution in [0.1, 0.15) is 30.0 Å². The van der Waals surface area contributed by atoms with Gasteiger partial charge in [-0.2, -0.15) is 0 Å². The van der Waals surface area contributed by atoms with Crippen molar-refractivity contribution in [1.29, 1.82) is 0 Å². The van der Waals surface area contributed by atoms with E-state index in [0.717, 1.165) is 24.1 Å². The van der Waals surface area contributed by atoms with Gasteiger partial charge in [0.2, 0.25) is 0 Å². The molecule has 1 heterocycles. The zero-order valence-corrected chi connectivity index (χ0v) is 12.1. The molecule has 2 unspecified atom stereocenters. The summed E-state index contributed by atoms with van der Waals surface area (Å²) in [4.78, 5) is 0. The molecule has 2 atom stereocenters. The van der Waals surface area contributed by atoms with Gasteiger partial charge in [-0.05, 0) is 43.9 Å². The molecule has 0 fully saturated rings. The fraction of sp³-hybridized carbons (Fsp3) is 0.333. The summed E-state index contributed by atoms with van der Waals surface area (Å²) in [5.74, 6) is 0. The highest BCUT2D eigenvalue weighted by Crippen LogP contribution is 2.34. The maximum absolute atomic E-state index is 11.0. The second kappa shape index (κ2) is 4.95. The maximum Gasteiger partial charge on any atom is 0.107 e. The monoisotopic (exact) mass is 267 g/mol. The van der Waals surface area contributed by atoms with Crippen LogP contribution in [0, 0.1) is 6.92 Å². The van der Waals surface area contributed by atoms with E-state index in [1.54, 1.807) is 0 Å². The summed E-state index contributed by atoms with van der Waals surface area (Å²) in [5, 5.41) is 14.5. The van der Waals surface area contributed by atoms with Crippen LogP contribution in [0.25, 0.3) is 0 Å². The summed E-state index contributed by atoms with van der Waals surface area (Å²) in [6.45, 7) is 3.97. The number of aliphatic hydroxyl groups is 1. The van der Waals surface area contributed by atoms with Crippen molar-refractivity contribution < 1.29 is 5.11 Å². The molecule has 0 amide bonds. The van der Waals surface area contributed by atoms with E-state index in [0.29, 0.717) is 0 Å². The Morgan fingerprint density at radius 2 is 1.80 bits per heavy atom. The van der Waals surface area contributed by atoms with E-state index in [2.05, 4.69) is 42.6 Å². The lowest BCUT2D eigenvalue weighted by atomic mass is 9.82. The Morgan fingerprint density at radius 1 is 1.10 bits per heavy atom. The van der Waals surface area contributed by atoms with E-state index in [1.807, 2.05) is 25.1 Å². The second-order valence-electron chi connectivity index (χ2n) is 5.91. The first kappa shape index (κ1) is 13.2. The first-order valence-corrected chi connectivity index (χ1v) is 7.21. The molecule has 0 saturated carbocycles. The number of fused-ring (bicyclic) bond motifs is 1. The number of nitrogens with one attached hydrogen (secondary N) is 1. The lowest BCUT2D eigenvalue weighted by Gasteiger charge is -2.38. The van der Waals surface area contributed by atoms with Crippen LogP contribution < -0.4 is 5.32 Å². The standard InChI is InChI=1S/C18H21NO/c1-13-7-10-15(11-8-13)18(2,20)17-12-9-14-5-3-4-6-16(14)19-17/h3-8,10-11,17,19-20H,9,12H2,1-2H3. The van der Waals surface area contributed by atoms with Crippen LogP contribution in [-0.4, -0.2) is 11.1 Å².